The first-order valence-corrected chi connectivity index (χ1v) is 11.3. The Hall–Kier alpha value is -2.45. The van der Waals surface area contributed by atoms with Crippen LogP contribution in [0.5, 0.6) is 5.75 Å². The zero-order valence-electron chi connectivity index (χ0n) is 17.1. The van der Waals surface area contributed by atoms with Crippen LogP contribution in [0, 0.1) is 25.6 Å². The SMILES string of the molecule is Cc1ccc(S(=O)(=O)N2CCC(C(=O)OCCOc3ccc(F)cc3)CC2)cc1C. The van der Waals surface area contributed by atoms with Crippen LogP contribution in [-0.2, 0) is 19.6 Å². The average Bonchev–Trinajstić information content (AvgIpc) is 2.74. The van der Waals surface area contributed by atoms with Crippen LogP contribution in [0.15, 0.2) is 47.4 Å². The molecule has 0 saturated carbocycles. The topological polar surface area (TPSA) is 72.9 Å². The van der Waals surface area contributed by atoms with Crippen molar-refractivity contribution < 1.29 is 27.1 Å². The van der Waals surface area contributed by atoms with Gasteiger partial charge >= 0.3 is 5.97 Å². The zero-order chi connectivity index (χ0) is 21.7. The Morgan fingerprint density at radius 3 is 2.33 bits per heavy atom. The van der Waals surface area contributed by atoms with E-state index in [-0.39, 0.29) is 48.9 Å². The number of esters is 1. The van der Waals surface area contributed by atoms with Gasteiger partial charge in [0.15, 0.2) is 0 Å². The second-order valence-corrected chi connectivity index (χ2v) is 9.33. The van der Waals surface area contributed by atoms with Crippen molar-refractivity contribution in [1.82, 2.24) is 4.31 Å². The minimum atomic E-state index is -3.57. The summed E-state index contributed by atoms with van der Waals surface area (Å²) in [5.74, 6) is -0.528. The fourth-order valence-electron chi connectivity index (χ4n) is 3.31. The van der Waals surface area contributed by atoms with Crippen LogP contribution < -0.4 is 4.74 Å². The predicted octanol–water partition coefficient (Wildman–Crippen LogP) is 3.47. The number of hydrogen-bond acceptors (Lipinski definition) is 5. The van der Waals surface area contributed by atoms with Gasteiger partial charge in [-0.15, -0.1) is 0 Å². The molecule has 3 rings (SSSR count). The molecule has 1 aliphatic rings. The van der Waals surface area contributed by atoms with Gasteiger partial charge in [0.2, 0.25) is 10.0 Å². The number of carbonyl (C=O) groups is 1. The highest BCUT2D eigenvalue weighted by atomic mass is 32.2. The maximum Gasteiger partial charge on any atom is 0.309 e. The summed E-state index contributed by atoms with van der Waals surface area (Å²) < 4.78 is 50.7. The van der Waals surface area contributed by atoms with E-state index in [0.29, 0.717) is 18.6 Å². The van der Waals surface area contributed by atoms with E-state index in [2.05, 4.69) is 0 Å². The molecule has 0 radical (unpaired) electrons. The highest BCUT2D eigenvalue weighted by molar-refractivity contribution is 7.89. The van der Waals surface area contributed by atoms with Crippen LogP contribution >= 0.6 is 0 Å². The summed E-state index contributed by atoms with van der Waals surface area (Å²) in [7, 11) is -3.57. The van der Waals surface area contributed by atoms with Gasteiger partial charge in [-0.1, -0.05) is 6.07 Å². The monoisotopic (exact) mass is 435 g/mol. The van der Waals surface area contributed by atoms with Gasteiger partial charge in [-0.05, 0) is 74.2 Å². The lowest BCUT2D eigenvalue weighted by Gasteiger charge is -2.30. The van der Waals surface area contributed by atoms with Crippen LogP contribution in [0.3, 0.4) is 0 Å². The third kappa shape index (κ3) is 5.37. The number of halogens is 1. The van der Waals surface area contributed by atoms with Crippen molar-refractivity contribution in [3.8, 4) is 5.75 Å². The van der Waals surface area contributed by atoms with Gasteiger partial charge in [-0.3, -0.25) is 4.79 Å². The van der Waals surface area contributed by atoms with Gasteiger partial charge in [0.05, 0.1) is 10.8 Å². The van der Waals surface area contributed by atoms with E-state index < -0.39 is 10.0 Å². The molecule has 0 aliphatic carbocycles. The molecule has 0 aromatic heterocycles. The number of piperidine rings is 1. The number of sulfonamides is 1. The van der Waals surface area contributed by atoms with Gasteiger partial charge in [0, 0.05) is 13.1 Å². The Kier molecular flexibility index (Phi) is 7.10. The number of benzene rings is 2. The fourth-order valence-corrected chi connectivity index (χ4v) is 4.86. The van der Waals surface area contributed by atoms with E-state index >= 15 is 0 Å². The van der Waals surface area contributed by atoms with E-state index in [0.717, 1.165) is 11.1 Å². The fraction of sp³-hybridized carbons (Fsp3) is 0.409. The number of nitrogens with zero attached hydrogens (tertiary/aromatic N) is 1. The molecule has 0 N–H and O–H groups in total. The van der Waals surface area contributed by atoms with E-state index in [1.807, 2.05) is 13.8 Å². The van der Waals surface area contributed by atoms with Crippen molar-refractivity contribution in [1.29, 1.82) is 0 Å². The van der Waals surface area contributed by atoms with Crippen molar-refractivity contribution in [3.63, 3.8) is 0 Å². The first kappa shape index (κ1) is 22.2. The quantitative estimate of drug-likeness (QED) is 0.492. The van der Waals surface area contributed by atoms with E-state index in [1.165, 1.54) is 28.6 Å². The molecule has 162 valence electrons. The Bertz CT molecular complexity index is 983. The van der Waals surface area contributed by atoms with Gasteiger partial charge in [-0.25, -0.2) is 12.8 Å². The van der Waals surface area contributed by atoms with Gasteiger partial charge in [0.25, 0.3) is 0 Å². The maximum atomic E-state index is 12.9. The van der Waals surface area contributed by atoms with Crippen molar-refractivity contribution in [2.45, 2.75) is 31.6 Å². The van der Waals surface area contributed by atoms with Crippen LogP contribution in [0.2, 0.25) is 0 Å². The number of hydrogen-bond donors (Lipinski definition) is 0. The number of aryl methyl sites for hydroxylation is 2. The molecule has 0 bridgehead atoms. The smallest absolute Gasteiger partial charge is 0.309 e. The molecule has 6 nitrogen and oxygen atoms in total. The van der Waals surface area contributed by atoms with E-state index in [1.54, 1.807) is 18.2 Å². The zero-order valence-corrected chi connectivity index (χ0v) is 18.0. The van der Waals surface area contributed by atoms with E-state index in [4.69, 9.17) is 9.47 Å². The van der Waals surface area contributed by atoms with Crippen molar-refractivity contribution in [2.75, 3.05) is 26.3 Å². The summed E-state index contributed by atoms with van der Waals surface area (Å²) in [6, 6.07) is 10.7. The maximum absolute atomic E-state index is 12.9. The van der Waals surface area contributed by atoms with Crippen LogP contribution in [-0.4, -0.2) is 45.0 Å². The summed E-state index contributed by atoms with van der Waals surface area (Å²) in [4.78, 5) is 12.5. The summed E-state index contributed by atoms with van der Waals surface area (Å²) in [5, 5.41) is 0. The van der Waals surface area contributed by atoms with Gasteiger partial charge in [0.1, 0.15) is 24.8 Å². The Morgan fingerprint density at radius 2 is 1.70 bits per heavy atom. The van der Waals surface area contributed by atoms with Crippen LogP contribution in [0.25, 0.3) is 0 Å². The molecule has 8 heteroatoms. The molecule has 0 atom stereocenters. The highest BCUT2D eigenvalue weighted by Gasteiger charge is 2.32. The molecule has 1 fully saturated rings. The average molecular weight is 436 g/mol. The molecule has 2 aromatic carbocycles. The normalized spacial score (nSPS) is 15.7. The molecular formula is C22H26FNO5S. The summed E-state index contributed by atoms with van der Waals surface area (Å²) in [6.45, 7) is 4.63. The minimum Gasteiger partial charge on any atom is -0.490 e. The van der Waals surface area contributed by atoms with Gasteiger partial charge < -0.3 is 9.47 Å². The molecule has 0 unspecified atom stereocenters. The van der Waals surface area contributed by atoms with Crippen LogP contribution in [0.1, 0.15) is 24.0 Å². The third-order valence-corrected chi connectivity index (χ3v) is 7.21. The highest BCUT2D eigenvalue weighted by Crippen LogP contribution is 2.25. The Morgan fingerprint density at radius 1 is 1.03 bits per heavy atom. The lowest BCUT2D eigenvalue weighted by molar-refractivity contribution is -0.150. The lowest BCUT2D eigenvalue weighted by Crippen LogP contribution is -2.40. The minimum absolute atomic E-state index is 0.0807. The predicted molar refractivity (Wildman–Crippen MR) is 110 cm³/mol. The second-order valence-electron chi connectivity index (χ2n) is 7.39. The largest absolute Gasteiger partial charge is 0.490 e. The van der Waals surface area contributed by atoms with Crippen molar-refractivity contribution >= 4 is 16.0 Å². The molecule has 1 saturated heterocycles. The first-order valence-electron chi connectivity index (χ1n) is 9.90. The van der Waals surface area contributed by atoms with Crippen LogP contribution in [0.4, 0.5) is 4.39 Å². The number of ether oxygens (including phenoxy) is 2. The Balaban J connectivity index is 1.45. The molecular weight excluding hydrogens is 409 g/mol. The van der Waals surface area contributed by atoms with Crippen molar-refractivity contribution in [2.24, 2.45) is 5.92 Å². The molecule has 30 heavy (non-hydrogen) atoms. The van der Waals surface area contributed by atoms with E-state index in [9.17, 15) is 17.6 Å². The molecule has 1 aliphatic heterocycles. The number of rotatable bonds is 7. The lowest BCUT2D eigenvalue weighted by atomic mass is 9.98. The molecule has 0 spiro atoms. The number of carbonyl (C=O) groups excluding carboxylic acids is 1. The first-order chi connectivity index (χ1) is 14.3. The molecule has 1 heterocycles. The second kappa shape index (κ2) is 9.57. The summed E-state index contributed by atoms with van der Waals surface area (Å²) >= 11 is 0. The van der Waals surface area contributed by atoms with Gasteiger partial charge in [-0.2, -0.15) is 4.31 Å². The van der Waals surface area contributed by atoms with Crippen molar-refractivity contribution in [3.05, 3.63) is 59.4 Å². The third-order valence-electron chi connectivity index (χ3n) is 5.31. The Labute approximate surface area is 176 Å². The summed E-state index contributed by atoms with van der Waals surface area (Å²) in [6.07, 6.45) is 0.837. The molecule has 0 amide bonds. The summed E-state index contributed by atoms with van der Waals surface area (Å²) in [5.41, 5.74) is 1.97. The standard InChI is InChI=1S/C22H26FNO5S/c1-16-3-8-21(15-17(16)2)30(26,27)24-11-9-18(10-12-24)22(25)29-14-13-28-20-6-4-19(23)5-7-20/h3-8,15,18H,9-14H2,1-2H3. The molecule has 2 aromatic rings.